The quantitative estimate of drug-likeness (QED) is 0.495. The van der Waals surface area contributed by atoms with E-state index in [2.05, 4.69) is 78.4 Å². The molecule has 2 heterocycles. The number of nitrogens with zero attached hydrogens (tertiary/aromatic N) is 2. The standard InChI is InChI=1S/C25H29N2/c1-17-11-7-10-16-23(17)26-19(3)24-22-15-9-8-14-21(22)18(2)27(24)25(26)20-12-5-4-6-13-20/h7-11,14-16,18,20H,4-6,12-13H2,1-3H3/q+1/i18D. The third-order valence-electron chi connectivity index (χ3n) is 6.59. The lowest BCUT2D eigenvalue weighted by atomic mass is 9.88. The molecule has 0 spiro atoms. The zero-order chi connectivity index (χ0) is 19.5. The van der Waals surface area contributed by atoms with Gasteiger partial charge in [-0.2, -0.15) is 4.57 Å². The van der Waals surface area contributed by atoms with E-state index in [0.29, 0.717) is 5.92 Å². The van der Waals surface area contributed by atoms with Crippen molar-refractivity contribution in [3.63, 3.8) is 0 Å². The number of hydrogen-bond acceptors (Lipinski definition) is 0. The second-order valence-electron chi connectivity index (χ2n) is 8.22. The van der Waals surface area contributed by atoms with Crippen molar-refractivity contribution in [3.8, 4) is 16.9 Å². The van der Waals surface area contributed by atoms with Gasteiger partial charge >= 0.3 is 0 Å². The normalized spacial score (nSPS) is 22.4. The molecule has 0 saturated heterocycles. The molecule has 1 aliphatic heterocycles. The van der Waals surface area contributed by atoms with E-state index in [1.54, 1.807) is 0 Å². The summed E-state index contributed by atoms with van der Waals surface area (Å²) >= 11 is 0. The third kappa shape index (κ3) is 2.42. The van der Waals surface area contributed by atoms with Crippen LogP contribution in [-0.4, -0.2) is 4.57 Å². The van der Waals surface area contributed by atoms with Gasteiger partial charge in [-0.3, -0.25) is 0 Å². The lowest BCUT2D eigenvalue weighted by Gasteiger charge is -2.21. The van der Waals surface area contributed by atoms with E-state index in [4.69, 9.17) is 0 Å². The Morgan fingerprint density at radius 1 is 0.963 bits per heavy atom. The molecule has 0 radical (unpaired) electrons. The minimum absolute atomic E-state index is 0.514. The molecule has 1 atom stereocenters. The third-order valence-corrected chi connectivity index (χ3v) is 6.59. The number of rotatable bonds is 2. The first-order valence-electron chi connectivity index (χ1n) is 10.9. The zero-order valence-electron chi connectivity index (χ0n) is 17.6. The number of aryl methyl sites for hydroxylation is 1. The number of aromatic nitrogens is 2. The smallest absolute Gasteiger partial charge is 0.220 e. The molecule has 1 unspecified atom stereocenters. The molecular weight excluding hydrogens is 328 g/mol. The van der Waals surface area contributed by atoms with Crippen LogP contribution in [0.3, 0.4) is 0 Å². The highest BCUT2D eigenvalue weighted by atomic mass is 15.2. The molecule has 3 aromatic rings. The molecule has 0 bridgehead atoms. The van der Waals surface area contributed by atoms with Crippen LogP contribution in [0.15, 0.2) is 48.5 Å². The molecule has 27 heavy (non-hydrogen) atoms. The summed E-state index contributed by atoms with van der Waals surface area (Å²) in [5.41, 5.74) is 7.40. The van der Waals surface area contributed by atoms with Crippen molar-refractivity contribution in [2.75, 3.05) is 0 Å². The molecule has 1 aromatic heterocycles. The van der Waals surface area contributed by atoms with Gasteiger partial charge in [-0.15, -0.1) is 0 Å². The molecule has 2 nitrogen and oxygen atoms in total. The van der Waals surface area contributed by atoms with Gasteiger partial charge in [0, 0.05) is 18.1 Å². The van der Waals surface area contributed by atoms with Crippen molar-refractivity contribution < 1.29 is 5.94 Å². The average Bonchev–Trinajstić information content (AvgIpc) is 3.14. The minimum atomic E-state index is -0.766. The first kappa shape index (κ1) is 15.7. The van der Waals surface area contributed by atoms with Crippen molar-refractivity contribution in [1.29, 1.82) is 0 Å². The molecule has 1 aliphatic carbocycles. The molecule has 2 aromatic carbocycles. The lowest BCUT2D eigenvalue weighted by molar-refractivity contribution is -0.702. The van der Waals surface area contributed by atoms with Crippen molar-refractivity contribution in [1.82, 2.24) is 4.57 Å². The van der Waals surface area contributed by atoms with Crippen LogP contribution >= 0.6 is 0 Å². The summed E-state index contributed by atoms with van der Waals surface area (Å²) in [5.74, 6) is 1.84. The van der Waals surface area contributed by atoms with E-state index < -0.39 is 6.02 Å². The Morgan fingerprint density at radius 2 is 1.67 bits per heavy atom. The molecular formula is C25H29N2+. The Labute approximate surface area is 163 Å². The summed E-state index contributed by atoms with van der Waals surface area (Å²) in [6, 6.07) is 16.4. The number of benzene rings is 2. The van der Waals surface area contributed by atoms with Gasteiger partial charge in [-0.25, -0.2) is 4.57 Å². The van der Waals surface area contributed by atoms with Crippen LogP contribution in [0.1, 0.15) is 75.0 Å². The van der Waals surface area contributed by atoms with Gasteiger partial charge in [0.1, 0.15) is 11.7 Å². The topological polar surface area (TPSA) is 8.81 Å². The van der Waals surface area contributed by atoms with E-state index in [1.165, 1.54) is 66.1 Å². The van der Waals surface area contributed by atoms with Gasteiger partial charge in [-0.05, 0) is 38.3 Å². The molecule has 0 N–H and O–H groups in total. The summed E-state index contributed by atoms with van der Waals surface area (Å²) in [5, 5.41) is 0. The molecule has 1 fully saturated rings. The van der Waals surface area contributed by atoms with Crippen LogP contribution in [0.5, 0.6) is 0 Å². The van der Waals surface area contributed by atoms with E-state index in [-0.39, 0.29) is 0 Å². The maximum atomic E-state index is 9.39. The Kier molecular flexibility index (Phi) is 3.70. The van der Waals surface area contributed by atoms with Crippen LogP contribution in [-0.2, 0) is 0 Å². The van der Waals surface area contributed by atoms with Crippen molar-refractivity contribution in [2.24, 2.45) is 0 Å². The highest BCUT2D eigenvalue weighted by molar-refractivity contribution is 5.68. The lowest BCUT2D eigenvalue weighted by Crippen LogP contribution is -2.41. The van der Waals surface area contributed by atoms with Crippen LogP contribution in [0.4, 0.5) is 0 Å². The minimum Gasteiger partial charge on any atom is -0.220 e. The van der Waals surface area contributed by atoms with Crippen LogP contribution in [0.25, 0.3) is 16.9 Å². The first-order chi connectivity index (χ1) is 13.5. The van der Waals surface area contributed by atoms with Crippen LogP contribution in [0, 0.1) is 13.8 Å². The Hall–Kier alpha value is -2.35. The molecule has 5 rings (SSSR count). The van der Waals surface area contributed by atoms with Gasteiger partial charge in [0.2, 0.25) is 0 Å². The fourth-order valence-corrected chi connectivity index (χ4v) is 5.28. The summed E-state index contributed by atoms with van der Waals surface area (Å²) < 4.78 is 14.2. The van der Waals surface area contributed by atoms with Crippen molar-refractivity contribution >= 4 is 0 Å². The summed E-state index contributed by atoms with van der Waals surface area (Å²) in [4.78, 5) is 0. The van der Waals surface area contributed by atoms with E-state index in [0.717, 1.165) is 5.56 Å². The van der Waals surface area contributed by atoms with Crippen molar-refractivity contribution in [3.05, 3.63) is 71.2 Å². The molecule has 2 heteroatoms. The maximum absolute atomic E-state index is 9.39. The second-order valence-corrected chi connectivity index (χ2v) is 8.22. The van der Waals surface area contributed by atoms with E-state index in [1.807, 2.05) is 0 Å². The number of fused-ring (bicyclic) bond motifs is 3. The second kappa shape index (κ2) is 6.37. The molecule has 138 valence electrons. The Bertz CT molecular complexity index is 1050. The maximum Gasteiger partial charge on any atom is 0.266 e. The first-order valence-corrected chi connectivity index (χ1v) is 10.4. The van der Waals surface area contributed by atoms with E-state index in [9.17, 15) is 1.37 Å². The van der Waals surface area contributed by atoms with Gasteiger partial charge in [0.15, 0.2) is 11.4 Å². The van der Waals surface area contributed by atoms with Gasteiger partial charge in [0.05, 0.1) is 7.29 Å². The monoisotopic (exact) mass is 358 g/mol. The van der Waals surface area contributed by atoms with E-state index >= 15 is 0 Å². The fraction of sp³-hybridized carbons (Fsp3) is 0.400. The fourth-order valence-electron chi connectivity index (χ4n) is 5.28. The summed E-state index contributed by atoms with van der Waals surface area (Å²) in [6.07, 6.45) is 6.37. The van der Waals surface area contributed by atoms with Crippen LogP contribution < -0.4 is 4.57 Å². The molecule has 2 aliphatic rings. The SMILES string of the molecule is [2H]C1(C)c2ccccc2-c2c(C)n(-c3ccccc3C)c(C3CCCCC3)[n+]21. The highest BCUT2D eigenvalue weighted by Crippen LogP contribution is 2.42. The molecule has 1 saturated carbocycles. The van der Waals surface area contributed by atoms with Gasteiger partial charge < -0.3 is 0 Å². The van der Waals surface area contributed by atoms with Gasteiger partial charge in [0.25, 0.3) is 5.82 Å². The summed E-state index contributed by atoms with van der Waals surface area (Å²) in [7, 11) is 0. The number of para-hydroxylation sites is 1. The largest absolute Gasteiger partial charge is 0.266 e. The predicted octanol–water partition coefficient (Wildman–Crippen LogP) is 6.02. The number of hydrogen-bond donors (Lipinski definition) is 0. The summed E-state index contributed by atoms with van der Waals surface area (Å²) in [6.45, 7) is 6.50. The predicted molar refractivity (Wildman–Crippen MR) is 111 cm³/mol. The zero-order valence-corrected chi connectivity index (χ0v) is 16.6. The molecule has 0 amide bonds. The Morgan fingerprint density at radius 3 is 2.44 bits per heavy atom. The Balaban J connectivity index is 1.86. The highest BCUT2D eigenvalue weighted by Gasteiger charge is 2.43. The number of imidazole rings is 1. The van der Waals surface area contributed by atoms with Crippen molar-refractivity contribution in [2.45, 2.75) is 64.8 Å². The average molecular weight is 359 g/mol. The van der Waals surface area contributed by atoms with Crippen LogP contribution in [0.2, 0.25) is 0 Å². The van der Waals surface area contributed by atoms with Gasteiger partial charge in [-0.1, -0.05) is 61.7 Å².